The fourth-order valence-electron chi connectivity index (χ4n) is 5.35. The maximum absolute atomic E-state index is 13.3. The first-order chi connectivity index (χ1) is 16.1. The molecule has 0 radical (unpaired) electrons. The topological polar surface area (TPSA) is 39.7 Å². The molecule has 1 aromatic heterocycles. The van der Waals surface area contributed by atoms with Crippen LogP contribution in [0.2, 0.25) is 0 Å². The van der Waals surface area contributed by atoms with E-state index in [1.165, 1.54) is 43.4 Å². The molecule has 178 valence electrons. The van der Waals surface area contributed by atoms with Gasteiger partial charge in [-0.25, -0.2) is 4.98 Å². The van der Waals surface area contributed by atoms with Gasteiger partial charge in [0.15, 0.2) is 0 Å². The molecule has 5 nitrogen and oxygen atoms in total. The van der Waals surface area contributed by atoms with Gasteiger partial charge in [0, 0.05) is 57.6 Å². The zero-order chi connectivity index (χ0) is 23.0. The molecule has 1 aliphatic heterocycles. The van der Waals surface area contributed by atoms with Crippen LogP contribution in [0.25, 0.3) is 0 Å². The summed E-state index contributed by atoms with van der Waals surface area (Å²) in [6.07, 6.45) is 8.71. The number of hydrogen-bond acceptors (Lipinski definition) is 4. The Balaban J connectivity index is 1.34. The molecule has 2 fully saturated rings. The quantitative estimate of drug-likeness (QED) is 0.547. The van der Waals surface area contributed by atoms with Crippen LogP contribution in [0, 0.1) is 5.92 Å². The summed E-state index contributed by atoms with van der Waals surface area (Å²) in [6.45, 7) is 10.3. The van der Waals surface area contributed by atoms with Gasteiger partial charge in [-0.3, -0.25) is 14.6 Å². The number of pyridine rings is 1. The van der Waals surface area contributed by atoms with Gasteiger partial charge in [-0.1, -0.05) is 57.4 Å². The van der Waals surface area contributed by atoms with Gasteiger partial charge in [0.1, 0.15) is 5.82 Å². The highest BCUT2D eigenvalue weighted by atomic mass is 16.2. The van der Waals surface area contributed by atoms with Crippen molar-refractivity contribution in [3.63, 3.8) is 0 Å². The van der Waals surface area contributed by atoms with Gasteiger partial charge in [0.05, 0.1) is 0 Å². The predicted octanol–water partition coefficient (Wildman–Crippen LogP) is 5.33. The van der Waals surface area contributed by atoms with Gasteiger partial charge in [-0.15, -0.1) is 0 Å². The van der Waals surface area contributed by atoms with E-state index in [-0.39, 0.29) is 5.91 Å². The minimum atomic E-state index is 0.241. The third-order valence-corrected chi connectivity index (χ3v) is 7.33. The monoisotopic (exact) mass is 448 g/mol. The van der Waals surface area contributed by atoms with Crippen molar-refractivity contribution in [2.24, 2.45) is 5.92 Å². The summed E-state index contributed by atoms with van der Waals surface area (Å²) >= 11 is 0. The van der Waals surface area contributed by atoms with Crippen LogP contribution in [-0.4, -0.2) is 55.1 Å². The molecule has 1 amide bonds. The van der Waals surface area contributed by atoms with Crippen molar-refractivity contribution in [3.05, 3.63) is 54.2 Å². The molecule has 2 aliphatic rings. The van der Waals surface area contributed by atoms with E-state index in [9.17, 15) is 4.79 Å². The molecule has 5 heteroatoms. The average Bonchev–Trinajstić information content (AvgIpc) is 2.86. The number of benzene rings is 1. The van der Waals surface area contributed by atoms with E-state index in [0.29, 0.717) is 24.8 Å². The van der Waals surface area contributed by atoms with Gasteiger partial charge in [-0.05, 0) is 48.4 Å². The van der Waals surface area contributed by atoms with Crippen molar-refractivity contribution in [2.75, 3.05) is 49.1 Å². The maximum Gasteiger partial charge on any atom is 0.228 e. The first-order valence-corrected chi connectivity index (χ1v) is 12.9. The summed E-state index contributed by atoms with van der Waals surface area (Å²) in [4.78, 5) is 24.8. The Labute approximate surface area is 199 Å². The standard InChI is InChI=1S/C28H40N4O/c1-23(2)25-12-6-7-13-26(25)31-19-16-30(17-20-31)18-21-32(27-14-8-9-15-29-27)28(33)22-24-10-4-3-5-11-24/h6-9,12-15,23-24H,3-5,10-11,16-22H2,1-2H3. The van der Waals surface area contributed by atoms with Crippen LogP contribution in [-0.2, 0) is 4.79 Å². The Hall–Kier alpha value is -2.40. The summed E-state index contributed by atoms with van der Waals surface area (Å²) in [5.74, 6) is 2.11. The molecule has 1 saturated heterocycles. The van der Waals surface area contributed by atoms with Gasteiger partial charge in [0.25, 0.3) is 0 Å². The Kier molecular flexibility index (Phi) is 8.38. The zero-order valence-electron chi connectivity index (χ0n) is 20.5. The van der Waals surface area contributed by atoms with Crippen LogP contribution < -0.4 is 9.80 Å². The predicted molar refractivity (Wildman–Crippen MR) is 137 cm³/mol. The van der Waals surface area contributed by atoms with Crippen LogP contribution in [0.4, 0.5) is 11.5 Å². The zero-order valence-corrected chi connectivity index (χ0v) is 20.5. The van der Waals surface area contributed by atoms with Gasteiger partial charge in [-0.2, -0.15) is 0 Å². The minimum Gasteiger partial charge on any atom is -0.369 e. The van der Waals surface area contributed by atoms with Crippen molar-refractivity contribution < 1.29 is 4.79 Å². The van der Waals surface area contributed by atoms with Crippen molar-refractivity contribution in [1.29, 1.82) is 0 Å². The second-order valence-corrected chi connectivity index (χ2v) is 9.98. The lowest BCUT2D eigenvalue weighted by Crippen LogP contribution is -2.49. The molecule has 0 spiro atoms. The Bertz CT molecular complexity index is 870. The lowest BCUT2D eigenvalue weighted by molar-refractivity contribution is -0.119. The van der Waals surface area contributed by atoms with E-state index in [4.69, 9.17) is 0 Å². The van der Waals surface area contributed by atoms with Gasteiger partial charge >= 0.3 is 0 Å². The third-order valence-electron chi connectivity index (χ3n) is 7.33. The number of carbonyl (C=O) groups is 1. The molecule has 1 aromatic carbocycles. The van der Waals surface area contributed by atoms with Crippen molar-refractivity contribution in [3.8, 4) is 0 Å². The first kappa shape index (κ1) is 23.7. The highest BCUT2D eigenvalue weighted by Crippen LogP contribution is 2.29. The van der Waals surface area contributed by atoms with Crippen LogP contribution in [0.3, 0.4) is 0 Å². The second-order valence-electron chi connectivity index (χ2n) is 9.98. The molecule has 0 unspecified atom stereocenters. The van der Waals surface area contributed by atoms with Crippen molar-refractivity contribution in [1.82, 2.24) is 9.88 Å². The number of carbonyl (C=O) groups excluding carboxylic acids is 1. The number of amides is 1. The molecule has 0 atom stereocenters. The molecule has 1 saturated carbocycles. The number of para-hydroxylation sites is 1. The first-order valence-electron chi connectivity index (χ1n) is 12.9. The summed E-state index contributed by atoms with van der Waals surface area (Å²) < 4.78 is 0. The van der Waals surface area contributed by atoms with E-state index in [0.717, 1.165) is 38.5 Å². The maximum atomic E-state index is 13.3. The lowest BCUT2D eigenvalue weighted by Gasteiger charge is -2.38. The summed E-state index contributed by atoms with van der Waals surface area (Å²) in [5, 5.41) is 0. The molecular formula is C28H40N4O. The molecule has 4 rings (SSSR count). The van der Waals surface area contributed by atoms with E-state index in [1.54, 1.807) is 6.20 Å². The van der Waals surface area contributed by atoms with Crippen LogP contribution in [0.15, 0.2) is 48.7 Å². The van der Waals surface area contributed by atoms with E-state index in [2.05, 4.69) is 52.9 Å². The largest absolute Gasteiger partial charge is 0.369 e. The third kappa shape index (κ3) is 6.35. The summed E-state index contributed by atoms with van der Waals surface area (Å²) in [5.41, 5.74) is 2.81. The summed E-state index contributed by atoms with van der Waals surface area (Å²) in [7, 11) is 0. The normalized spacial score (nSPS) is 18.0. The van der Waals surface area contributed by atoms with Crippen molar-refractivity contribution >= 4 is 17.4 Å². The smallest absolute Gasteiger partial charge is 0.228 e. The highest BCUT2D eigenvalue weighted by molar-refractivity contribution is 5.92. The average molecular weight is 449 g/mol. The molecule has 33 heavy (non-hydrogen) atoms. The molecule has 0 bridgehead atoms. The van der Waals surface area contributed by atoms with Crippen LogP contribution in [0.5, 0.6) is 0 Å². The number of piperazine rings is 1. The number of rotatable bonds is 8. The molecular weight excluding hydrogens is 408 g/mol. The van der Waals surface area contributed by atoms with E-state index >= 15 is 0 Å². The van der Waals surface area contributed by atoms with E-state index in [1.807, 2.05) is 23.1 Å². The SMILES string of the molecule is CC(C)c1ccccc1N1CCN(CCN(C(=O)CC2CCCCC2)c2ccccn2)CC1. The Morgan fingerprint density at radius 1 is 1.00 bits per heavy atom. The minimum absolute atomic E-state index is 0.241. The van der Waals surface area contributed by atoms with Crippen LogP contribution in [0.1, 0.15) is 63.9 Å². The lowest BCUT2D eigenvalue weighted by atomic mass is 9.86. The molecule has 2 heterocycles. The summed E-state index contributed by atoms with van der Waals surface area (Å²) in [6, 6.07) is 14.7. The molecule has 0 N–H and O–H groups in total. The van der Waals surface area contributed by atoms with E-state index < -0.39 is 0 Å². The highest BCUT2D eigenvalue weighted by Gasteiger charge is 2.25. The molecule has 2 aromatic rings. The number of anilines is 2. The van der Waals surface area contributed by atoms with Crippen molar-refractivity contribution in [2.45, 2.75) is 58.3 Å². The fraction of sp³-hybridized carbons (Fsp3) is 0.571. The number of nitrogens with zero attached hydrogens (tertiary/aromatic N) is 4. The van der Waals surface area contributed by atoms with Gasteiger partial charge in [0.2, 0.25) is 5.91 Å². The molecule has 1 aliphatic carbocycles. The van der Waals surface area contributed by atoms with Crippen LogP contribution >= 0.6 is 0 Å². The Morgan fingerprint density at radius 2 is 1.73 bits per heavy atom. The number of hydrogen-bond donors (Lipinski definition) is 0. The second kappa shape index (κ2) is 11.6. The fourth-order valence-corrected chi connectivity index (χ4v) is 5.35. The van der Waals surface area contributed by atoms with Gasteiger partial charge < -0.3 is 4.90 Å². The number of aromatic nitrogens is 1. The Morgan fingerprint density at radius 3 is 2.42 bits per heavy atom.